The lowest BCUT2D eigenvalue weighted by atomic mass is 9.82. The predicted octanol–water partition coefficient (Wildman–Crippen LogP) is 17.0. The van der Waals surface area contributed by atoms with Gasteiger partial charge in [-0.3, -0.25) is 0 Å². The first-order valence-electron chi connectivity index (χ1n) is 21.0. The van der Waals surface area contributed by atoms with Crippen molar-refractivity contribution in [1.82, 2.24) is 0 Å². The lowest BCUT2D eigenvalue weighted by molar-refractivity contribution is 0.591. The van der Waals surface area contributed by atoms with E-state index in [1.807, 2.05) is 11.3 Å². The molecule has 288 valence electrons. The van der Waals surface area contributed by atoms with Crippen molar-refractivity contribution in [3.05, 3.63) is 187 Å². The summed E-state index contributed by atoms with van der Waals surface area (Å²) in [6, 6.07) is 63.3. The van der Waals surface area contributed by atoms with Gasteiger partial charge in [0.15, 0.2) is 0 Å². The number of nitrogens with zero attached hydrogens (tertiary/aromatic N) is 1. The SMILES string of the molecule is CC(C)(C)c1ccc2c(c1)sc1cc(N(c3ccc4c(c3)-c3cc5ccccc5cc3C4(C)C)c3ccc4ccccc4c3-c3cccc4oc5ccccc5c34)ccc12. The Kier molecular flexibility index (Phi) is 7.45. The van der Waals surface area contributed by atoms with Gasteiger partial charge in [0.1, 0.15) is 11.2 Å². The number of para-hydroxylation sites is 1. The van der Waals surface area contributed by atoms with Crippen LogP contribution in [0.3, 0.4) is 0 Å². The fourth-order valence-electron chi connectivity index (χ4n) is 10.1. The fourth-order valence-corrected chi connectivity index (χ4v) is 11.3. The predicted molar refractivity (Wildman–Crippen MR) is 258 cm³/mol. The van der Waals surface area contributed by atoms with Crippen LogP contribution in [0.5, 0.6) is 0 Å². The number of benzene rings is 9. The van der Waals surface area contributed by atoms with Crippen molar-refractivity contribution >= 4 is 92.1 Å². The second kappa shape index (κ2) is 12.7. The molecule has 0 saturated carbocycles. The van der Waals surface area contributed by atoms with E-state index in [0.29, 0.717) is 0 Å². The minimum absolute atomic E-state index is 0.0784. The summed E-state index contributed by atoms with van der Waals surface area (Å²) in [5.74, 6) is 0. The van der Waals surface area contributed by atoms with Crippen LogP contribution in [0.1, 0.15) is 51.3 Å². The molecule has 0 N–H and O–H groups in total. The Hall–Kier alpha value is -6.68. The first-order chi connectivity index (χ1) is 29.1. The average Bonchev–Trinajstić information content (AvgIpc) is 3.89. The zero-order valence-corrected chi connectivity index (χ0v) is 35.2. The van der Waals surface area contributed by atoms with Crippen LogP contribution < -0.4 is 4.90 Å². The molecule has 12 rings (SSSR count). The Labute approximate surface area is 353 Å². The van der Waals surface area contributed by atoms with Crippen molar-refractivity contribution in [3.8, 4) is 22.3 Å². The first kappa shape index (κ1) is 35.3. The Morgan fingerprint density at radius 2 is 1.13 bits per heavy atom. The third-order valence-corrected chi connectivity index (χ3v) is 14.3. The Bertz CT molecular complexity index is 3570. The van der Waals surface area contributed by atoms with Gasteiger partial charge in [0.25, 0.3) is 0 Å². The summed E-state index contributed by atoms with van der Waals surface area (Å²) in [4.78, 5) is 2.51. The molecule has 0 fully saturated rings. The zero-order chi connectivity index (χ0) is 40.5. The molecule has 2 heterocycles. The topological polar surface area (TPSA) is 16.4 Å². The second-order valence-corrected chi connectivity index (χ2v) is 19.2. The van der Waals surface area contributed by atoms with Crippen molar-refractivity contribution < 1.29 is 4.42 Å². The summed E-state index contributed by atoms with van der Waals surface area (Å²) in [5.41, 5.74) is 14.2. The second-order valence-electron chi connectivity index (χ2n) is 18.1. The Morgan fingerprint density at radius 1 is 0.483 bits per heavy atom. The van der Waals surface area contributed by atoms with Gasteiger partial charge >= 0.3 is 0 Å². The van der Waals surface area contributed by atoms with E-state index in [4.69, 9.17) is 4.42 Å². The molecule has 9 aromatic carbocycles. The fraction of sp³-hybridized carbons (Fsp3) is 0.123. The molecule has 11 aromatic rings. The minimum Gasteiger partial charge on any atom is -0.456 e. The standard InChI is InChI=1S/C57H43NOS/c1-56(2,3)37-22-25-41-42-26-23-39(33-53(42)60-52(41)31-37)58(38-24-27-47-46(32-38)45-29-35-14-6-7-15-36(35)30-48(45)57(47,4)5)49-28-21-34-13-8-9-16-40(34)54(49)44-18-12-20-51-55(44)43-17-10-11-19-50(43)59-51/h6-33H,1-5H3. The summed E-state index contributed by atoms with van der Waals surface area (Å²) in [5, 5.41) is 9.83. The average molecular weight is 790 g/mol. The van der Waals surface area contributed by atoms with Crippen LogP contribution in [0.15, 0.2) is 174 Å². The van der Waals surface area contributed by atoms with Crippen LogP contribution in [0.2, 0.25) is 0 Å². The smallest absolute Gasteiger partial charge is 0.136 e. The zero-order valence-electron chi connectivity index (χ0n) is 34.4. The van der Waals surface area contributed by atoms with Crippen molar-refractivity contribution in [3.63, 3.8) is 0 Å². The lowest BCUT2D eigenvalue weighted by Gasteiger charge is -2.30. The molecule has 3 heteroatoms. The van der Waals surface area contributed by atoms with Crippen molar-refractivity contribution in [2.45, 2.75) is 45.4 Å². The molecular formula is C57H43NOS. The van der Waals surface area contributed by atoms with Gasteiger partial charge in [0.05, 0.1) is 5.69 Å². The minimum atomic E-state index is -0.133. The summed E-state index contributed by atoms with van der Waals surface area (Å²) < 4.78 is 9.13. The summed E-state index contributed by atoms with van der Waals surface area (Å²) in [7, 11) is 0. The number of hydrogen-bond acceptors (Lipinski definition) is 3. The van der Waals surface area contributed by atoms with Gasteiger partial charge in [-0.2, -0.15) is 0 Å². The summed E-state index contributed by atoms with van der Waals surface area (Å²) >= 11 is 1.89. The van der Waals surface area contributed by atoms with E-state index >= 15 is 0 Å². The van der Waals surface area contributed by atoms with Crippen molar-refractivity contribution in [1.29, 1.82) is 0 Å². The highest BCUT2D eigenvalue weighted by atomic mass is 32.1. The van der Waals surface area contributed by atoms with Gasteiger partial charge in [-0.25, -0.2) is 0 Å². The maximum Gasteiger partial charge on any atom is 0.136 e. The lowest BCUT2D eigenvalue weighted by Crippen LogP contribution is -2.15. The number of anilines is 3. The Balaban J connectivity index is 1.16. The van der Waals surface area contributed by atoms with Crippen LogP contribution in [0.25, 0.3) is 85.9 Å². The molecule has 60 heavy (non-hydrogen) atoms. The molecule has 0 saturated heterocycles. The van der Waals surface area contributed by atoms with Crippen LogP contribution in [0.4, 0.5) is 17.1 Å². The monoisotopic (exact) mass is 789 g/mol. The molecule has 0 bridgehead atoms. The van der Waals surface area contributed by atoms with Gasteiger partial charge in [-0.15, -0.1) is 11.3 Å². The highest BCUT2D eigenvalue weighted by molar-refractivity contribution is 7.25. The molecule has 2 nitrogen and oxygen atoms in total. The van der Waals surface area contributed by atoms with Crippen molar-refractivity contribution in [2.24, 2.45) is 0 Å². The molecule has 0 spiro atoms. The molecule has 1 aliphatic carbocycles. The van der Waals surface area contributed by atoms with Gasteiger partial charge in [-0.1, -0.05) is 144 Å². The summed E-state index contributed by atoms with van der Waals surface area (Å²) in [6.07, 6.45) is 0. The molecule has 0 radical (unpaired) electrons. The molecule has 0 atom stereocenters. The van der Waals surface area contributed by atoms with Gasteiger partial charge in [-0.05, 0) is 121 Å². The van der Waals surface area contributed by atoms with E-state index in [1.54, 1.807) is 0 Å². The molecule has 0 amide bonds. The van der Waals surface area contributed by atoms with Crippen LogP contribution in [-0.2, 0) is 10.8 Å². The number of fused-ring (bicyclic) bond motifs is 11. The van der Waals surface area contributed by atoms with Gasteiger partial charge in [0.2, 0.25) is 0 Å². The molecule has 2 aromatic heterocycles. The Morgan fingerprint density at radius 3 is 1.95 bits per heavy atom. The third-order valence-electron chi connectivity index (χ3n) is 13.2. The third kappa shape index (κ3) is 5.18. The van der Waals surface area contributed by atoms with Crippen LogP contribution >= 0.6 is 11.3 Å². The van der Waals surface area contributed by atoms with E-state index in [2.05, 4.69) is 209 Å². The molecule has 0 unspecified atom stereocenters. The van der Waals surface area contributed by atoms with E-state index in [1.165, 1.54) is 75.1 Å². The van der Waals surface area contributed by atoms with Crippen molar-refractivity contribution in [2.75, 3.05) is 4.90 Å². The number of furan rings is 1. The van der Waals surface area contributed by atoms with E-state index in [0.717, 1.165) is 44.6 Å². The maximum atomic E-state index is 6.52. The van der Waals surface area contributed by atoms with E-state index in [9.17, 15) is 0 Å². The van der Waals surface area contributed by atoms with E-state index in [-0.39, 0.29) is 10.8 Å². The van der Waals surface area contributed by atoms with Gasteiger partial charge < -0.3 is 9.32 Å². The number of thiophene rings is 1. The quantitative estimate of drug-likeness (QED) is 0.177. The maximum absolute atomic E-state index is 6.52. The van der Waals surface area contributed by atoms with Crippen LogP contribution in [-0.4, -0.2) is 0 Å². The number of rotatable bonds is 4. The molecule has 1 aliphatic rings. The number of hydrogen-bond donors (Lipinski definition) is 0. The summed E-state index contributed by atoms with van der Waals surface area (Å²) in [6.45, 7) is 11.6. The first-order valence-corrected chi connectivity index (χ1v) is 21.8. The highest BCUT2D eigenvalue weighted by Crippen LogP contribution is 2.54. The largest absolute Gasteiger partial charge is 0.456 e. The highest BCUT2D eigenvalue weighted by Gasteiger charge is 2.36. The van der Waals surface area contributed by atoms with E-state index < -0.39 is 0 Å². The van der Waals surface area contributed by atoms with Crippen LogP contribution in [0, 0.1) is 0 Å². The molecule has 0 aliphatic heterocycles. The normalized spacial score (nSPS) is 13.6. The van der Waals surface area contributed by atoms with Gasteiger partial charge in [0, 0.05) is 53.3 Å². The molecular weight excluding hydrogens is 747 g/mol.